The molecule has 1 heterocycles. The average molecular weight is 365 g/mol. The first-order valence-corrected chi connectivity index (χ1v) is 10.3. The topological polar surface area (TPSA) is 90.9 Å². The summed E-state index contributed by atoms with van der Waals surface area (Å²) < 4.78 is 27.3. The minimum Gasteiger partial charge on any atom is -0.321 e. The molecule has 1 unspecified atom stereocenters. The highest BCUT2D eigenvalue weighted by Gasteiger charge is 2.26. The minimum atomic E-state index is -3.59. The Labute approximate surface area is 150 Å². The molecule has 0 amide bonds. The molecule has 0 aliphatic rings. The lowest BCUT2D eigenvalue weighted by Crippen LogP contribution is -2.19. The van der Waals surface area contributed by atoms with Crippen LogP contribution in [0.2, 0.25) is 0 Å². The molecule has 1 aromatic carbocycles. The number of nitrogens with zero attached hydrogens (tertiary/aromatic N) is 3. The van der Waals surface area contributed by atoms with Gasteiger partial charge >= 0.3 is 0 Å². The van der Waals surface area contributed by atoms with Crippen LogP contribution in [0.4, 0.5) is 0 Å². The Balaban J connectivity index is 2.32. The van der Waals surface area contributed by atoms with Crippen LogP contribution >= 0.6 is 0 Å². The van der Waals surface area contributed by atoms with Crippen LogP contribution in [0.25, 0.3) is 0 Å². The normalized spacial score (nSPS) is 13.8. The first-order chi connectivity index (χ1) is 11.6. The molecule has 25 heavy (non-hydrogen) atoms. The smallest absolute Gasteiger partial charge is 0.250 e. The van der Waals surface area contributed by atoms with Crippen molar-refractivity contribution in [1.82, 2.24) is 14.8 Å². The summed E-state index contributed by atoms with van der Waals surface area (Å²) >= 11 is 0. The Morgan fingerprint density at radius 3 is 2.20 bits per heavy atom. The number of sulfone groups is 1. The van der Waals surface area contributed by atoms with Gasteiger partial charge in [0, 0.05) is 6.54 Å². The summed E-state index contributed by atoms with van der Waals surface area (Å²) in [5, 5.41) is 7.94. The molecular weight excluding hydrogens is 336 g/mol. The van der Waals surface area contributed by atoms with Crippen LogP contribution in [-0.4, -0.2) is 23.2 Å². The van der Waals surface area contributed by atoms with Crippen molar-refractivity contribution in [3.63, 3.8) is 0 Å². The van der Waals surface area contributed by atoms with Crippen molar-refractivity contribution < 1.29 is 8.42 Å². The third-order valence-corrected chi connectivity index (χ3v) is 5.86. The van der Waals surface area contributed by atoms with Gasteiger partial charge in [-0.2, -0.15) is 0 Å². The fourth-order valence-corrected chi connectivity index (χ4v) is 4.15. The highest BCUT2D eigenvalue weighted by Crippen LogP contribution is 2.24. The molecule has 0 saturated heterocycles. The first kappa shape index (κ1) is 19.6. The third-order valence-electron chi connectivity index (χ3n) is 4.29. The maximum absolute atomic E-state index is 12.8. The second-order valence-electron chi connectivity index (χ2n) is 7.31. The van der Waals surface area contributed by atoms with E-state index in [9.17, 15) is 8.42 Å². The fourth-order valence-electron chi connectivity index (χ4n) is 2.67. The summed E-state index contributed by atoms with van der Waals surface area (Å²) in [6.07, 6.45) is 0.673. The van der Waals surface area contributed by atoms with Gasteiger partial charge in [0.1, 0.15) is 0 Å². The third kappa shape index (κ3) is 4.27. The monoisotopic (exact) mass is 364 g/mol. The van der Waals surface area contributed by atoms with E-state index in [1.54, 1.807) is 4.57 Å². The number of aromatic nitrogens is 3. The van der Waals surface area contributed by atoms with Gasteiger partial charge in [0.25, 0.3) is 0 Å². The molecule has 0 saturated carbocycles. The molecule has 7 heteroatoms. The molecule has 0 aliphatic carbocycles. The average Bonchev–Trinajstić information content (AvgIpc) is 2.98. The van der Waals surface area contributed by atoms with Crippen molar-refractivity contribution in [2.45, 2.75) is 70.0 Å². The zero-order valence-corrected chi connectivity index (χ0v) is 16.5. The Morgan fingerprint density at radius 1 is 1.12 bits per heavy atom. The summed E-state index contributed by atoms with van der Waals surface area (Å²) in [6, 6.07) is 7.37. The van der Waals surface area contributed by atoms with Crippen molar-refractivity contribution in [2.24, 2.45) is 5.73 Å². The SMILES string of the molecule is CCC(N)c1nnc(S(=O)(=O)Cc2ccc(C(C)(C)C)cc2)n1CC. The van der Waals surface area contributed by atoms with E-state index in [-0.39, 0.29) is 22.4 Å². The first-order valence-electron chi connectivity index (χ1n) is 8.61. The Kier molecular flexibility index (Phi) is 5.68. The van der Waals surface area contributed by atoms with Crippen molar-refractivity contribution in [2.75, 3.05) is 0 Å². The van der Waals surface area contributed by atoms with E-state index in [0.717, 1.165) is 5.56 Å². The summed E-state index contributed by atoms with van der Waals surface area (Å²) in [5.74, 6) is 0.420. The summed E-state index contributed by atoms with van der Waals surface area (Å²) in [7, 11) is -3.59. The molecule has 0 fully saturated rings. The van der Waals surface area contributed by atoms with Gasteiger partial charge in [-0.05, 0) is 29.9 Å². The molecule has 1 aromatic heterocycles. The lowest BCUT2D eigenvalue weighted by molar-refractivity contribution is 0.541. The number of benzene rings is 1. The number of nitrogens with two attached hydrogens (primary N) is 1. The number of rotatable bonds is 6. The molecule has 0 aliphatic heterocycles. The van der Waals surface area contributed by atoms with Crippen LogP contribution in [0, 0.1) is 0 Å². The van der Waals surface area contributed by atoms with Crippen LogP contribution in [0.15, 0.2) is 29.4 Å². The predicted octanol–water partition coefficient (Wildman–Crippen LogP) is 2.98. The fraction of sp³-hybridized carbons (Fsp3) is 0.556. The lowest BCUT2D eigenvalue weighted by atomic mass is 9.87. The number of hydrogen-bond acceptors (Lipinski definition) is 5. The van der Waals surface area contributed by atoms with Gasteiger partial charge in [-0.1, -0.05) is 52.0 Å². The molecule has 1 atom stereocenters. The molecule has 0 spiro atoms. The van der Waals surface area contributed by atoms with Crippen molar-refractivity contribution in [3.05, 3.63) is 41.2 Å². The zero-order chi connectivity index (χ0) is 18.8. The standard InChI is InChI=1S/C18H28N4O2S/c1-6-15(19)16-20-21-17(22(16)7-2)25(23,24)12-13-8-10-14(11-9-13)18(3,4)5/h8-11,15H,6-7,12,19H2,1-5H3. The largest absolute Gasteiger partial charge is 0.321 e. The minimum absolute atomic E-state index is 0.00574. The summed E-state index contributed by atoms with van der Waals surface area (Å²) in [5.41, 5.74) is 7.96. The highest BCUT2D eigenvalue weighted by atomic mass is 32.2. The van der Waals surface area contributed by atoms with Crippen LogP contribution in [0.3, 0.4) is 0 Å². The highest BCUT2D eigenvalue weighted by molar-refractivity contribution is 7.90. The van der Waals surface area contributed by atoms with Gasteiger partial charge in [-0.3, -0.25) is 0 Å². The van der Waals surface area contributed by atoms with E-state index in [2.05, 4.69) is 31.0 Å². The second-order valence-corrected chi connectivity index (χ2v) is 9.19. The van der Waals surface area contributed by atoms with Crippen LogP contribution < -0.4 is 5.73 Å². The van der Waals surface area contributed by atoms with Gasteiger partial charge in [-0.25, -0.2) is 8.42 Å². The molecule has 2 aromatic rings. The quantitative estimate of drug-likeness (QED) is 0.851. The molecule has 0 radical (unpaired) electrons. The van der Waals surface area contributed by atoms with E-state index in [1.165, 1.54) is 5.56 Å². The molecule has 6 nitrogen and oxygen atoms in total. The van der Waals surface area contributed by atoms with E-state index in [4.69, 9.17) is 5.73 Å². The van der Waals surface area contributed by atoms with Crippen molar-refractivity contribution >= 4 is 9.84 Å². The lowest BCUT2D eigenvalue weighted by Gasteiger charge is -2.19. The second kappa shape index (κ2) is 7.25. The van der Waals surface area contributed by atoms with Gasteiger partial charge < -0.3 is 10.3 Å². The molecule has 0 bridgehead atoms. The van der Waals surface area contributed by atoms with Gasteiger partial charge in [0.2, 0.25) is 15.0 Å². The van der Waals surface area contributed by atoms with Crippen LogP contribution in [0.5, 0.6) is 0 Å². The van der Waals surface area contributed by atoms with E-state index >= 15 is 0 Å². The van der Waals surface area contributed by atoms with E-state index < -0.39 is 9.84 Å². The van der Waals surface area contributed by atoms with Crippen LogP contribution in [0.1, 0.15) is 64.0 Å². The van der Waals surface area contributed by atoms with Crippen LogP contribution in [-0.2, 0) is 27.5 Å². The zero-order valence-electron chi connectivity index (χ0n) is 15.7. The Hall–Kier alpha value is -1.73. The van der Waals surface area contributed by atoms with Crippen molar-refractivity contribution in [3.8, 4) is 0 Å². The summed E-state index contributed by atoms with van der Waals surface area (Å²) in [4.78, 5) is 0. The predicted molar refractivity (Wildman–Crippen MR) is 98.9 cm³/mol. The molecule has 138 valence electrons. The molecule has 2 N–H and O–H groups in total. The number of hydrogen-bond donors (Lipinski definition) is 1. The van der Waals surface area contributed by atoms with Gasteiger partial charge in [0.15, 0.2) is 5.82 Å². The van der Waals surface area contributed by atoms with Gasteiger partial charge in [-0.15, -0.1) is 10.2 Å². The van der Waals surface area contributed by atoms with Gasteiger partial charge in [0.05, 0.1) is 11.8 Å². The Bertz CT molecular complexity index is 818. The van der Waals surface area contributed by atoms with E-state index in [1.807, 2.05) is 38.1 Å². The van der Waals surface area contributed by atoms with E-state index in [0.29, 0.717) is 18.8 Å². The maximum atomic E-state index is 12.8. The summed E-state index contributed by atoms with van der Waals surface area (Å²) in [6.45, 7) is 10.6. The van der Waals surface area contributed by atoms with Crippen molar-refractivity contribution in [1.29, 1.82) is 0 Å². The molecular formula is C18H28N4O2S. The maximum Gasteiger partial charge on any atom is 0.250 e. The molecule has 2 rings (SSSR count). The Morgan fingerprint density at radius 2 is 1.72 bits per heavy atom.